The third kappa shape index (κ3) is 3.84. The summed E-state index contributed by atoms with van der Waals surface area (Å²) in [6.07, 6.45) is -0.110. The average Bonchev–Trinajstić information content (AvgIpc) is 3.01. The minimum Gasteiger partial charge on any atom is -0.486 e. The van der Waals surface area contributed by atoms with E-state index in [0.29, 0.717) is 31.2 Å². The number of hydrogen-bond acceptors (Lipinski definition) is 5. The number of hydrogen-bond donors (Lipinski definition) is 0. The molecule has 1 aliphatic rings. The lowest BCUT2D eigenvalue weighted by Gasteiger charge is -2.29. The zero-order valence-electron chi connectivity index (χ0n) is 15.6. The number of rotatable bonds is 5. The Hall–Kier alpha value is -2.93. The molecule has 1 atom stereocenters. The molecule has 7 heteroatoms. The van der Waals surface area contributed by atoms with Crippen molar-refractivity contribution in [2.45, 2.75) is 19.6 Å². The topological polar surface area (TPSA) is 47.7 Å². The highest BCUT2D eigenvalue weighted by atomic mass is 19.1. The van der Waals surface area contributed by atoms with E-state index >= 15 is 0 Å². The zero-order chi connectivity index (χ0) is 19.7. The van der Waals surface area contributed by atoms with Gasteiger partial charge in [-0.3, -0.25) is 4.90 Å². The Balaban J connectivity index is 1.42. The summed E-state index contributed by atoms with van der Waals surface area (Å²) >= 11 is 0. The number of para-hydroxylation sites is 2. The van der Waals surface area contributed by atoms with Crippen LogP contribution in [0.15, 0.2) is 46.9 Å². The molecule has 2 aromatic carbocycles. The Morgan fingerprint density at radius 1 is 1.14 bits per heavy atom. The first-order valence-corrected chi connectivity index (χ1v) is 8.98. The van der Waals surface area contributed by atoms with Crippen LogP contribution in [-0.4, -0.2) is 36.2 Å². The van der Waals surface area contributed by atoms with E-state index in [-0.39, 0.29) is 17.6 Å². The van der Waals surface area contributed by atoms with E-state index in [4.69, 9.17) is 13.9 Å². The van der Waals surface area contributed by atoms with Gasteiger partial charge in [0, 0.05) is 19.2 Å². The Labute approximate surface area is 161 Å². The summed E-state index contributed by atoms with van der Waals surface area (Å²) < 4.78 is 44.4. The van der Waals surface area contributed by atoms with Crippen molar-refractivity contribution in [1.82, 2.24) is 9.88 Å². The van der Waals surface area contributed by atoms with E-state index in [2.05, 4.69) is 4.98 Å². The van der Waals surface area contributed by atoms with Crippen LogP contribution >= 0.6 is 0 Å². The van der Waals surface area contributed by atoms with Crippen LogP contribution in [0.2, 0.25) is 0 Å². The maximum atomic E-state index is 14.0. The van der Waals surface area contributed by atoms with Crippen LogP contribution in [-0.2, 0) is 6.54 Å². The maximum Gasteiger partial charge on any atom is 0.229 e. The summed E-state index contributed by atoms with van der Waals surface area (Å²) in [6, 6.07) is 10.9. The number of oxazole rings is 1. The summed E-state index contributed by atoms with van der Waals surface area (Å²) in [5.41, 5.74) is 0.831. The molecule has 0 fully saturated rings. The number of fused-ring (bicyclic) bond motifs is 1. The lowest BCUT2D eigenvalue weighted by molar-refractivity contribution is 0.0634. The van der Waals surface area contributed by atoms with Gasteiger partial charge in [-0.15, -0.1) is 0 Å². The van der Waals surface area contributed by atoms with Crippen LogP contribution in [0.3, 0.4) is 0 Å². The molecule has 0 aliphatic carbocycles. The lowest BCUT2D eigenvalue weighted by atomic mass is 10.2. The fraction of sp³-hybridized carbons (Fsp3) is 0.286. The number of ether oxygens (including phenoxy) is 2. The molecule has 0 radical (unpaired) electrons. The van der Waals surface area contributed by atoms with E-state index in [1.807, 2.05) is 36.2 Å². The van der Waals surface area contributed by atoms with Crippen LogP contribution in [0.4, 0.5) is 8.78 Å². The standard InChI is InChI=1S/C21H20F2N2O3/c1-13-18(24-21(27-13)16-8-7-14(22)9-17(16)23)11-25(2)10-15-12-26-19-5-3-4-6-20(19)28-15/h3-9,15H,10-12H2,1-2H3. The molecule has 2 heterocycles. The van der Waals surface area contributed by atoms with E-state index in [1.54, 1.807) is 6.92 Å². The monoisotopic (exact) mass is 386 g/mol. The molecule has 1 aliphatic heterocycles. The largest absolute Gasteiger partial charge is 0.486 e. The highest BCUT2D eigenvalue weighted by molar-refractivity contribution is 5.54. The van der Waals surface area contributed by atoms with Crippen molar-refractivity contribution in [3.8, 4) is 23.0 Å². The molecule has 1 aromatic heterocycles. The minimum absolute atomic E-state index is 0.110. The van der Waals surface area contributed by atoms with Crippen LogP contribution < -0.4 is 9.47 Å². The molecule has 4 rings (SSSR count). The Bertz CT molecular complexity index is 990. The Morgan fingerprint density at radius 3 is 2.71 bits per heavy atom. The van der Waals surface area contributed by atoms with Crippen molar-refractivity contribution in [2.24, 2.45) is 0 Å². The summed E-state index contributed by atoms with van der Waals surface area (Å²) in [5.74, 6) is 0.883. The lowest BCUT2D eigenvalue weighted by Crippen LogP contribution is -2.39. The van der Waals surface area contributed by atoms with Gasteiger partial charge in [-0.2, -0.15) is 0 Å². The Kier molecular flexibility index (Phi) is 5.00. The van der Waals surface area contributed by atoms with Crippen molar-refractivity contribution in [3.05, 3.63) is 65.6 Å². The van der Waals surface area contributed by atoms with Gasteiger partial charge in [-0.25, -0.2) is 13.8 Å². The Morgan fingerprint density at radius 2 is 1.93 bits per heavy atom. The van der Waals surface area contributed by atoms with E-state index in [0.717, 1.165) is 17.6 Å². The van der Waals surface area contributed by atoms with Gasteiger partial charge in [-0.05, 0) is 38.2 Å². The summed E-state index contributed by atoms with van der Waals surface area (Å²) in [7, 11) is 1.94. The SMILES string of the molecule is Cc1oc(-c2ccc(F)cc2F)nc1CN(C)CC1COc2ccccc2O1. The molecule has 0 amide bonds. The summed E-state index contributed by atoms with van der Waals surface area (Å²) in [5, 5.41) is 0. The van der Waals surface area contributed by atoms with Gasteiger partial charge in [-0.1, -0.05) is 12.1 Å². The predicted octanol–water partition coefficient (Wildman–Crippen LogP) is 4.20. The maximum absolute atomic E-state index is 14.0. The second kappa shape index (κ2) is 7.59. The van der Waals surface area contributed by atoms with Gasteiger partial charge in [0.25, 0.3) is 0 Å². The zero-order valence-corrected chi connectivity index (χ0v) is 15.6. The van der Waals surface area contributed by atoms with Gasteiger partial charge in [0.15, 0.2) is 11.5 Å². The molecular formula is C21H20F2N2O3. The van der Waals surface area contributed by atoms with Crippen molar-refractivity contribution < 1.29 is 22.7 Å². The van der Waals surface area contributed by atoms with Crippen molar-refractivity contribution in [2.75, 3.05) is 20.2 Å². The number of aromatic nitrogens is 1. The van der Waals surface area contributed by atoms with E-state index < -0.39 is 11.6 Å². The first-order valence-electron chi connectivity index (χ1n) is 8.98. The molecule has 0 saturated heterocycles. The first kappa shape index (κ1) is 18.4. The molecule has 5 nitrogen and oxygen atoms in total. The second-order valence-corrected chi connectivity index (χ2v) is 6.84. The summed E-state index contributed by atoms with van der Waals surface area (Å²) in [6.45, 7) is 3.36. The number of halogens is 2. The molecule has 0 bridgehead atoms. The normalized spacial score (nSPS) is 15.8. The molecular weight excluding hydrogens is 366 g/mol. The smallest absolute Gasteiger partial charge is 0.229 e. The quantitative estimate of drug-likeness (QED) is 0.658. The van der Waals surface area contributed by atoms with Crippen molar-refractivity contribution >= 4 is 0 Å². The van der Waals surface area contributed by atoms with Gasteiger partial charge >= 0.3 is 0 Å². The number of benzene rings is 2. The fourth-order valence-corrected chi connectivity index (χ4v) is 3.17. The van der Waals surface area contributed by atoms with Crippen LogP contribution in [0.1, 0.15) is 11.5 Å². The van der Waals surface area contributed by atoms with Crippen LogP contribution in [0.25, 0.3) is 11.5 Å². The van der Waals surface area contributed by atoms with Gasteiger partial charge in [0.1, 0.15) is 30.1 Å². The van der Waals surface area contributed by atoms with Gasteiger partial charge < -0.3 is 13.9 Å². The number of aryl methyl sites for hydroxylation is 1. The van der Waals surface area contributed by atoms with E-state index in [9.17, 15) is 8.78 Å². The highest BCUT2D eigenvalue weighted by Crippen LogP contribution is 2.31. The van der Waals surface area contributed by atoms with Crippen LogP contribution in [0, 0.1) is 18.6 Å². The van der Waals surface area contributed by atoms with Gasteiger partial charge in [0.05, 0.1) is 11.3 Å². The number of likely N-dealkylation sites (N-methyl/N-ethyl adjacent to an activating group) is 1. The predicted molar refractivity (Wildman–Crippen MR) is 99.3 cm³/mol. The van der Waals surface area contributed by atoms with Crippen molar-refractivity contribution in [1.29, 1.82) is 0 Å². The molecule has 1 unspecified atom stereocenters. The molecule has 0 spiro atoms. The third-order valence-electron chi connectivity index (χ3n) is 4.56. The number of nitrogens with zero attached hydrogens (tertiary/aromatic N) is 2. The fourth-order valence-electron chi connectivity index (χ4n) is 3.17. The first-order chi connectivity index (χ1) is 13.5. The molecule has 3 aromatic rings. The minimum atomic E-state index is -0.701. The average molecular weight is 386 g/mol. The van der Waals surface area contributed by atoms with Crippen molar-refractivity contribution in [3.63, 3.8) is 0 Å². The van der Waals surface area contributed by atoms with Crippen LogP contribution in [0.5, 0.6) is 11.5 Å². The third-order valence-corrected chi connectivity index (χ3v) is 4.56. The second-order valence-electron chi connectivity index (χ2n) is 6.84. The molecule has 146 valence electrons. The molecule has 28 heavy (non-hydrogen) atoms. The highest BCUT2D eigenvalue weighted by Gasteiger charge is 2.23. The van der Waals surface area contributed by atoms with E-state index in [1.165, 1.54) is 12.1 Å². The molecule has 0 N–H and O–H groups in total. The molecule has 0 saturated carbocycles. The van der Waals surface area contributed by atoms with Gasteiger partial charge in [0.2, 0.25) is 5.89 Å². The summed E-state index contributed by atoms with van der Waals surface area (Å²) in [4.78, 5) is 6.44.